The van der Waals surface area contributed by atoms with E-state index in [2.05, 4.69) is 39.7 Å². The molecule has 0 saturated carbocycles. The largest absolute Gasteiger partial charge is 1.00 e. The quantitative estimate of drug-likeness (QED) is 0.551. The Kier molecular flexibility index (Phi) is 3.58. The SMILES string of the molecule is Cc1cc(-c2ccccc2)[n+]2ccccc2n1.[Cl-]. The third-order valence-electron chi connectivity index (χ3n) is 2.80. The maximum Gasteiger partial charge on any atom is 0.328 e. The van der Waals surface area contributed by atoms with E-state index in [1.807, 2.05) is 37.4 Å². The van der Waals surface area contributed by atoms with Crippen LogP contribution in [-0.4, -0.2) is 4.98 Å². The molecule has 0 saturated heterocycles. The number of rotatable bonds is 1. The lowest BCUT2D eigenvalue weighted by molar-refractivity contribution is -0.502. The molecule has 0 radical (unpaired) electrons. The first-order chi connectivity index (χ1) is 8.34. The summed E-state index contributed by atoms with van der Waals surface area (Å²) < 4.78 is 2.11. The second-order valence-electron chi connectivity index (χ2n) is 4.08. The van der Waals surface area contributed by atoms with Gasteiger partial charge >= 0.3 is 5.65 Å². The fourth-order valence-electron chi connectivity index (χ4n) is 2.04. The highest BCUT2D eigenvalue weighted by Gasteiger charge is 2.12. The van der Waals surface area contributed by atoms with Gasteiger partial charge in [-0.25, -0.2) is 0 Å². The van der Waals surface area contributed by atoms with Crippen LogP contribution < -0.4 is 16.8 Å². The predicted molar refractivity (Wildman–Crippen MR) is 67.6 cm³/mol. The van der Waals surface area contributed by atoms with E-state index < -0.39 is 0 Å². The van der Waals surface area contributed by atoms with E-state index >= 15 is 0 Å². The number of hydrogen-bond acceptors (Lipinski definition) is 1. The average molecular weight is 257 g/mol. The fourth-order valence-corrected chi connectivity index (χ4v) is 2.04. The molecule has 3 rings (SSSR count). The Morgan fingerprint density at radius 2 is 1.67 bits per heavy atom. The zero-order valence-electron chi connectivity index (χ0n) is 10.0. The number of pyridine rings is 1. The first-order valence-electron chi connectivity index (χ1n) is 5.68. The van der Waals surface area contributed by atoms with Crippen molar-refractivity contribution >= 4 is 5.65 Å². The van der Waals surface area contributed by atoms with E-state index in [1.54, 1.807) is 0 Å². The van der Waals surface area contributed by atoms with Gasteiger partial charge in [0.2, 0.25) is 0 Å². The molecule has 2 heterocycles. The van der Waals surface area contributed by atoms with E-state index in [1.165, 1.54) is 11.3 Å². The molecular weight excluding hydrogens is 244 g/mol. The summed E-state index contributed by atoms with van der Waals surface area (Å²) in [7, 11) is 0. The molecule has 0 atom stereocenters. The van der Waals surface area contributed by atoms with Crippen LogP contribution in [0.4, 0.5) is 0 Å². The van der Waals surface area contributed by atoms with Gasteiger partial charge in [0.25, 0.3) is 0 Å². The molecule has 2 nitrogen and oxygen atoms in total. The minimum atomic E-state index is 0. The number of hydrogen-bond donors (Lipinski definition) is 0. The van der Waals surface area contributed by atoms with Gasteiger partial charge in [0, 0.05) is 24.6 Å². The predicted octanol–water partition coefficient (Wildman–Crippen LogP) is -0.200. The number of aryl methyl sites for hydroxylation is 1. The Hall–Kier alpha value is -1.93. The summed E-state index contributed by atoms with van der Waals surface area (Å²) in [6.07, 6.45) is 2.05. The summed E-state index contributed by atoms with van der Waals surface area (Å²) in [5, 5.41) is 0. The molecule has 0 bridgehead atoms. The van der Waals surface area contributed by atoms with Crippen LogP contribution in [0.1, 0.15) is 5.69 Å². The molecule has 3 heteroatoms. The van der Waals surface area contributed by atoms with Crippen molar-refractivity contribution in [2.45, 2.75) is 6.92 Å². The molecule has 0 N–H and O–H groups in total. The lowest BCUT2D eigenvalue weighted by atomic mass is 10.1. The molecule has 3 aromatic rings. The van der Waals surface area contributed by atoms with Gasteiger partial charge in [-0.15, -0.1) is 0 Å². The van der Waals surface area contributed by atoms with Gasteiger partial charge in [-0.3, -0.25) is 0 Å². The van der Waals surface area contributed by atoms with Gasteiger partial charge in [0.1, 0.15) is 5.69 Å². The molecule has 2 aromatic heterocycles. The monoisotopic (exact) mass is 256 g/mol. The minimum Gasteiger partial charge on any atom is -1.00 e. The Balaban J connectivity index is 0.00000120. The van der Waals surface area contributed by atoms with E-state index in [-0.39, 0.29) is 12.4 Å². The summed E-state index contributed by atoms with van der Waals surface area (Å²) in [4.78, 5) is 4.52. The Morgan fingerprint density at radius 1 is 0.944 bits per heavy atom. The number of halogens is 1. The first-order valence-corrected chi connectivity index (χ1v) is 5.68. The van der Waals surface area contributed by atoms with Crippen molar-refractivity contribution in [2.75, 3.05) is 0 Å². The Morgan fingerprint density at radius 3 is 2.44 bits per heavy atom. The summed E-state index contributed by atoms with van der Waals surface area (Å²) in [5.41, 5.74) is 4.40. The zero-order chi connectivity index (χ0) is 11.7. The molecule has 0 fully saturated rings. The van der Waals surface area contributed by atoms with E-state index in [9.17, 15) is 0 Å². The standard InChI is InChI=1S/C15H13N2.ClH/c1-12-11-14(13-7-3-2-4-8-13)17-10-6-5-9-15(17)16-12;/h2-11H,1H3;1H/q+1;/p-1. The van der Waals surface area contributed by atoms with Crippen LogP contribution in [-0.2, 0) is 0 Å². The highest BCUT2D eigenvalue weighted by molar-refractivity contribution is 5.57. The molecule has 0 aliphatic rings. The van der Waals surface area contributed by atoms with E-state index in [0.717, 1.165) is 11.3 Å². The van der Waals surface area contributed by atoms with Crippen LogP contribution in [0.3, 0.4) is 0 Å². The molecule has 0 aliphatic carbocycles. The molecular formula is C15H13ClN2. The van der Waals surface area contributed by atoms with Gasteiger partial charge < -0.3 is 12.4 Å². The van der Waals surface area contributed by atoms with E-state index in [0.29, 0.717) is 0 Å². The molecule has 0 spiro atoms. The number of nitrogens with zero attached hydrogens (tertiary/aromatic N) is 2. The summed E-state index contributed by atoms with van der Waals surface area (Å²) in [6, 6.07) is 18.6. The van der Waals surface area contributed by atoms with Gasteiger partial charge in [0.05, 0.1) is 6.20 Å². The smallest absolute Gasteiger partial charge is 0.328 e. The third kappa shape index (κ3) is 2.20. The Bertz CT molecular complexity index is 666. The van der Waals surface area contributed by atoms with Crippen molar-refractivity contribution in [3.05, 3.63) is 66.5 Å². The molecule has 0 aliphatic heterocycles. The van der Waals surface area contributed by atoms with Crippen molar-refractivity contribution in [2.24, 2.45) is 0 Å². The van der Waals surface area contributed by atoms with Crippen LogP contribution in [0.5, 0.6) is 0 Å². The minimum absolute atomic E-state index is 0. The zero-order valence-corrected chi connectivity index (χ0v) is 10.8. The lowest BCUT2D eigenvalue weighted by Gasteiger charge is -2.02. The molecule has 1 aromatic carbocycles. The van der Waals surface area contributed by atoms with Gasteiger partial charge in [0.15, 0.2) is 5.69 Å². The number of fused-ring (bicyclic) bond motifs is 1. The molecule has 0 unspecified atom stereocenters. The lowest BCUT2D eigenvalue weighted by Crippen LogP contribution is -3.00. The maximum absolute atomic E-state index is 4.52. The molecule has 18 heavy (non-hydrogen) atoms. The number of aromatic nitrogens is 2. The molecule has 90 valence electrons. The van der Waals surface area contributed by atoms with Crippen LogP contribution in [0, 0.1) is 6.92 Å². The highest BCUT2D eigenvalue weighted by Crippen LogP contribution is 2.15. The normalized spacial score (nSPS) is 10.1. The first kappa shape index (κ1) is 12.5. The second-order valence-corrected chi connectivity index (χ2v) is 4.08. The van der Waals surface area contributed by atoms with Crippen molar-refractivity contribution in [1.29, 1.82) is 0 Å². The summed E-state index contributed by atoms with van der Waals surface area (Å²) in [5.74, 6) is 0. The van der Waals surface area contributed by atoms with Crippen molar-refractivity contribution < 1.29 is 16.8 Å². The topological polar surface area (TPSA) is 17.0 Å². The van der Waals surface area contributed by atoms with Crippen molar-refractivity contribution in [3.8, 4) is 11.3 Å². The van der Waals surface area contributed by atoms with Crippen LogP contribution in [0.15, 0.2) is 60.8 Å². The fraction of sp³-hybridized carbons (Fsp3) is 0.0667. The van der Waals surface area contributed by atoms with Gasteiger partial charge in [-0.2, -0.15) is 4.40 Å². The van der Waals surface area contributed by atoms with Crippen LogP contribution in [0.25, 0.3) is 16.9 Å². The average Bonchev–Trinajstić information content (AvgIpc) is 2.39. The third-order valence-corrected chi connectivity index (χ3v) is 2.80. The molecule has 0 amide bonds. The summed E-state index contributed by atoms with van der Waals surface area (Å²) in [6.45, 7) is 2.03. The Labute approximate surface area is 112 Å². The van der Waals surface area contributed by atoms with E-state index in [4.69, 9.17) is 0 Å². The second kappa shape index (κ2) is 5.15. The van der Waals surface area contributed by atoms with Crippen molar-refractivity contribution in [3.63, 3.8) is 0 Å². The summed E-state index contributed by atoms with van der Waals surface area (Å²) >= 11 is 0. The van der Waals surface area contributed by atoms with Crippen LogP contribution in [0.2, 0.25) is 0 Å². The maximum atomic E-state index is 4.52. The van der Waals surface area contributed by atoms with Crippen molar-refractivity contribution in [1.82, 2.24) is 4.98 Å². The van der Waals surface area contributed by atoms with Crippen LogP contribution >= 0.6 is 0 Å². The van der Waals surface area contributed by atoms with Gasteiger partial charge in [-0.1, -0.05) is 36.4 Å². The van der Waals surface area contributed by atoms with Gasteiger partial charge in [-0.05, 0) is 11.1 Å². The number of benzene rings is 1. The highest BCUT2D eigenvalue weighted by atomic mass is 35.5.